The molecule has 140 valence electrons. The van der Waals surface area contributed by atoms with E-state index in [1.807, 2.05) is 56.3 Å². The first-order chi connectivity index (χ1) is 12.5. The molecule has 5 nitrogen and oxygen atoms in total. The molecule has 0 aliphatic carbocycles. The maximum atomic E-state index is 12.6. The van der Waals surface area contributed by atoms with Crippen molar-refractivity contribution in [1.29, 1.82) is 0 Å². The predicted octanol–water partition coefficient (Wildman–Crippen LogP) is 4.05. The Labute approximate surface area is 155 Å². The lowest BCUT2D eigenvalue weighted by molar-refractivity contribution is -0.128. The van der Waals surface area contributed by atoms with Gasteiger partial charge in [-0.15, -0.1) is 0 Å². The summed E-state index contributed by atoms with van der Waals surface area (Å²) in [7, 11) is 3.19. The van der Waals surface area contributed by atoms with Gasteiger partial charge in [-0.25, -0.2) is 0 Å². The number of aryl methyl sites for hydroxylation is 1. The zero-order chi connectivity index (χ0) is 19.1. The molecule has 0 saturated carbocycles. The first-order valence-electron chi connectivity index (χ1n) is 8.74. The molecule has 2 unspecified atom stereocenters. The van der Waals surface area contributed by atoms with E-state index in [2.05, 4.69) is 5.32 Å². The number of methoxy groups -OCH3 is 2. The molecule has 0 saturated heterocycles. The van der Waals surface area contributed by atoms with Crippen LogP contribution < -0.4 is 19.5 Å². The minimum Gasteiger partial charge on any atom is -0.493 e. The molecule has 0 spiro atoms. The van der Waals surface area contributed by atoms with Crippen LogP contribution in [0.5, 0.6) is 17.2 Å². The normalized spacial score (nSPS) is 12.8. The maximum absolute atomic E-state index is 12.6. The molecule has 2 atom stereocenters. The summed E-state index contributed by atoms with van der Waals surface area (Å²) < 4.78 is 16.4. The minimum atomic E-state index is -0.592. The number of hydrogen-bond acceptors (Lipinski definition) is 4. The van der Waals surface area contributed by atoms with E-state index in [0.717, 1.165) is 17.5 Å². The third-order valence-electron chi connectivity index (χ3n) is 4.21. The molecule has 0 radical (unpaired) electrons. The topological polar surface area (TPSA) is 56.8 Å². The summed E-state index contributed by atoms with van der Waals surface area (Å²) in [6.45, 7) is 5.76. The summed E-state index contributed by atoms with van der Waals surface area (Å²) in [5.74, 6) is 1.83. The Hall–Kier alpha value is -2.69. The lowest BCUT2D eigenvalue weighted by atomic mass is 10.0. The van der Waals surface area contributed by atoms with E-state index >= 15 is 0 Å². The molecule has 26 heavy (non-hydrogen) atoms. The third-order valence-corrected chi connectivity index (χ3v) is 4.21. The molecule has 0 bridgehead atoms. The molecule has 2 rings (SSSR count). The van der Waals surface area contributed by atoms with Crippen LogP contribution in [-0.4, -0.2) is 26.2 Å². The quantitative estimate of drug-likeness (QED) is 0.774. The Bertz CT molecular complexity index is 745. The summed E-state index contributed by atoms with van der Waals surface area (Å²) in [5.41, 5.74) is 2.05. The fourth-order valence-electron chi connectivity index (χ4n) is 2.73. The lowest BCUT2D eigenvalue weighted by Gasteiger charge is -2.22. The van der Waals surface area contributed by atoms with Crippen LogP contribution in [0, 0.1) is 6.92 Å². The van der Waals surface area contributed by atoms with Crippen molar-refractivity contribution in [3.63, 3.8) is 0 Å². The molecule has 0 aromatic heterocycles. The molecule has 5 heteroatoms. The summed E-state index contributed by atoms with van der Waals surface area (Å²) in [5, 5.41) is 3.05. The number of ether oxygens (including phenoxy) is 3. The second-order valence-electron chi connectivity index (χ2n) is 6.16. The Morgan fingerprint density at radius 1 is 1.08 bits per heavy atom. The average molecular weight is 357 g/mol. The van der Waals surface area contributed by atoms with E-state index in [9.17, 15) is 4.79 Å². The van der Waals surface area contributed by atoms with E-state index in [1.165, 1.54) is 0 Å². The Morgan fingerprint density at radius 2 is 1.81 bits per heavy atom. The highest BCUT2D eigenvalue weighted by Gasteiger charge is 2.20. The van der Waals surface area contributed by atoms with Crippen molar-refractivity contribution >= 4 is 5.91 Å². The summed E-state index contributed by atoms with van der Waals surface area (Å²) in [4.78, 5) is 12.6. The van der Waals surface area contributed by atoms with Gasteiger partial charge < -0.3 is 19.5 Å². The van der Waals surface area contributed by atoms with Crippen LogP contribution >= 0.6 is 0 Å². The molecule has 0 aliphatic heterocycles. The molecular formula is C21H27NO4. The number of carbonyl (C=O) groups excluding carboxylic acids is 1. The Balaban J connectivity index is 2.07. The van der Waals surface area contributed by atoms with Crippen LogP contribution in [0.3, 0.4) is 0 Å². The summed E-state index contributed by atoms with van der Waals surface area (Å²) in [6, 6.07) is 13.2. The van der Waals surface area contributed by atoms with Crippen LogP contribution in [0.15, 0.2) is 42.5 Å². The monoisotopic (exact) mass is 357 g/mol. The predicted molar refractivity (Wildman–Crippen MR) is 102 cm³/mol. The number of amides is 1. The van der Waals surface area contributed by atoms with Crippen molar-refractivity contribution in [3.05, 3.63) is 53.6 Å². The highest BCUT2D eigenvalue weighted by molar-refractivity contribution is 5.81. The van der Waals surface area contributed by atoms with Gasteiger partial charge >= 0.3 is 0 Å². The smallest absolute Gasteiger partial charge is 0.261 e. The van der Waals surface area contributed by atoms with Gasteiger partial charge in [0.25, 0.3) is 5.91 Å². The van der Waals surface area contributed by atoms with Gasteiger partial charge in [-0.3, -0.25) is 4.79 Å². The second kappa shape index (κ2) is 9.13. The summed E-state index contributed by atoms with van der Waals surface area (Å²) in [6.07, 6.45) is 0.157. The average Bonchev–Trinajstić information content (AvgIpc) is 2.65. The molecule has 0 fully saturated rings. The van der Waals surface area contributed by atoms with Crippen LogP contribution in [0.1, 0.15) is 37.4 Å². The van der Waals surface area contributed by atoms with Gasteiger partial charge in [0.05, 0.1) is 20.3 Å². The maximum Gasteiger partial charge on any atom is 0.261 e. The van der Waals surface area contributed by atoms with Gasteiger partial charge in [-0.2, -0.15) is 0 Å². The van der Waals surface area contributed by atoms with E-state index in [-0.39, 0.29) is 11.9 Å². The van der Waals surface area contributed by atoms with E-state index in [4.69, 9.17) is 14.2 Å². The van der Waals surface area contributed by atoms with Gasteiger partial charge in [-0.1, -0.05) is 25.1 Å². The van der Waals surface area contributed by atoms with Gasteiger partial charge in [0.1, 0.15) is 5.75 Å². The van der Waals surface area contributed by atoms with E-state index < -0.39 is 6.10 Å². The van der Waals surface area contributed by atoms with Crippen LogP contribution in [-0.2, 0) is 4.79 Å². The van der Waals surface area contributed by atoms with Crippen LogP contribution in [0.25, 0.3) is 0 Å². The fraction of sp³-hybridized carbons (Fsp3) is 0.381. The van der Waals surface area contributed by atoms with Gasteiger partial charge in [0.15, 0.2) is 17.6 Å². The van der Waals surface area contributed by atoms with Crippen molar-refractivity contribution < 1.29 is 19.0 Å². The Morgan fingerprint density at radius 3 is 2.42 bits per heavy atom. The number of hydrogen-bond donors (Lipinski definition) is 1. The largest absolute Gasteiger partial charge is 0.493 e. The molecular weight excluding hydrogens is 330 g/mol. The van der Waals surface area contributed by atoms with Crippen molar-refractivity contribution in [2.45, 2.75) is 39.3 Å². The van der Waals surface area contributed by atoms with Crippen LogP contribution in [0.2, 0.25) is 0 Å². The fourth-order valence-corrected chi connectivity index (χ4v) is 2.73. The molecule has 1 amide bonds. The highest BCUT2D eigenvalue weighted by atomic mass is 16.5. The Kier molecular flexibility index (Phi) is 6.89. The van der Waals surface area contributed by atoms with Gasteiger partial charge in [-0.05, 0) is 55.7 Å². The molecule has 1 N–H and O–H groups in total. The SMILES string of the molecule is CCC(NC(=O)C(C)Oc1cccc(C)c1)c1ccc(OC)c(OC)c1. The molecule has 0 heterocycles. The van der Waals surface area contributed by atoms with Gasteiger partial charge in [0.2, 0.25) is 0 Å². The standard InChI is InChI=1S/C21H27NO4/c1-6-18(16-10-11-19(24-4)20(13-16)25-5)22-21(23)15(3)26-17-9-7-8-14(2)12-17/h7-13,15,18H,6H2,1-5H3,(H,22,23). The number of carbonyl (C=O) groups is 1. The number of rotatable bonds is 8. The first-order valence-corrected chi connectivity index (χ1v) is 8.74. The van der Waals surface area contributed by atoms with E-state index in [1.54, 1.807) is 21.1 Å². The number of nitrogens with one attached hydrogen (secondary N) is 1. The lowest BCUT2D eigenvalue weighted by Crippen LogP contribution is -2.38. The molecule has 2 aromatic rings. The molecule has 0 aliphatic rings. The zero-order valence-electron chi connectivity index (χ0n) is 16.0. The second-order valence-corrected chi connectivity index (χ2v) is 6.16. The zero-order valence-corrected chi connectivity index (χ0v) is 16.0. The van der Waals surface area contributed by atoms with Crippen molar-refractivity contribution in [2.75, 3.05) is 14.2 Å². The van der Waals surface area contributed by atoms with Crippen molar-refractivity contribution in [1.82, 2.24) is 5.32 Å². The summed E-state index contributed by atoms with van der Waals surface area (Å²) >= 11 is 0. The van der Waals surface area contributed by atoms with Gasteiger partial charge in [0, 0.05) is 0 Å². The first kappa shape index (κ1) is 19.6. The van der Waals surface area contributed by atoms with E-state index in [0.29, 0.717) is 17.2 Å². The minimum absolute atomic E-state index is 0.133. The molecule has 2 aromatic carbocycles. The highest BCUT2D eigenvalue weighted by Crippen LogP contribution is 2.31. The number of benzene rings is 2. The van der Waals surface area contributed by atoms with Crippen LogP contribution in [0.4, 0.5) is 0 Å². The third kappa shape index (κ3) is 4.91. The van der Waals surface area contributed by atoms with Crippen molar-refractivity contribution in [3.8, 4) is 17.2 Å². The van der Waals surface area contributed by atoms with Crippen molar-refractivity contribution in [2.24, 2.45) is 0 Å².